The van der Waals surface area contributed by atoms with Gasteiger partial charge in [-0.25, -0.2) is 4.68 Å². The van der Waals surface area contributed by atoms with Gasteiger partial charge in [-0.15, -0.1) is 5.10 Å². The van der Waals surface area contributed by atoms with E-state index in [1.165, 1.54) is 0 Å². The number of benzene rings is 1. The maximum absolute atomic E-state index is 4.44. The van der Waals surface area contributed by atoms with Crippen molar-refractivity contribution in [3.8, 4) is 0 Å². The molecule has 0 aliphatic heterocycles. The molecule has 2 aromatic heterocycles. The molecule has 18 heavy (non-hydrogen) atoms. The molecule has 5 nitrogen and oxygen atoms in total. The molecule has 3 aromatic rings. The number of aryl methyl sites for hydroxylation is 1. The van der Waals surface area contributed by atoms with Crippen molar-refractivity contribution < 1.29 is 0 Å². The quantitative estimate of drug-likeness (QED) is 0.729. The minimum atomic E-state index is 0.625. The Hall–Kier alpha value is -1.82. The highest BCUT2D eigenvalue weighted by Gasteiger charge is 2.08. The fourth-order valence-corrected chi connectivity index (χ4v) is 2.33. The van der Waals surface area contributed by atoms with E-state index in [0.29, 0.717) is 6.54 Å². The summed E-state index contributed by atoms with van der Waals surface area (Å²) < 4.78 is 2.81. The van der Waals surface area contributed by atoms with Crippen LogP contribution in [0, 0.1) is 6.92 Å². The first kappa shape index (κ1) is 11.3. The van der Waals surface area contributed by atoms with E-state index in [2.05, 4.69) is 36.4 Å². The zero-order valence-electron chi connectivity index (χ0n) is 9.71. The van der Waals surface area contributed by atoms with Crippen molar-refractivity contribution in [3.05, 3.63) is 46.3 Å². The summed E-state index contributed by atoms with van der Waals surface area (Å²) in [5, 5.41) is 12.6. The Morgan fingerprint density at radius 1 is 1.28 bits per heavy atom. The number of hydrogen-bond donors (Lipinski definition) is 0. The van der Waals surface area contributed by atoms with E-state index in [9.17, 15) is 0 Å². The van der Waals surface area contributed by atoms with Gasteiger partial charge in [0.2, 0.25) is 0 Å². The van der Waals surface area contributed by atoms with Gasteiger partial charge in [-0.2, -0.15) is 0 Å². The van der Waals surface area contributed by atoms with E-state index in [0.717, 1.165) is 26.8 Å². The molecule has 90 valence electrons. The standard InChI is InChI=1S/C12H10BrN5/c1-8-15-16-17-18(8)7-9-4-5-11(13)10-3-2-6-14-12(9)10/h2-6H,7H2,1H3. The number of nitrogens with zero attached hydrogens (tertiary/aromatic N) is 5. The lowest BCUT2D eigenvalue weighted by molar-refractivity contribution is 0.635. The normalized spacial score (nSPS) is 11.0. The van der Waals surface area contributed by atoms with Gasteiger partial charge in [0.1, 0.15) is 5.82 Å². The molecule has 0 N–H and O–H groups in total. The predicted molar refractivity (Wildman–Crippen MR) is 71.1 cm³/mol. The second kappa shape index (κ2) is 4.45. The molecule has 0 saturated carbocycles. The summed E-state index contributed by atoms with van der Waals surface area (Å²) >= 11 is 3.54. The average Bonchev–Trinajstić information content (AvgIpc) is 2.79. The second-order valence-corrected chi connectivity index (χ2v) is 4.84. The second-order valence-electron chi connectivity index (χ2n) is 3.99. The zero-order chi connectivity index (χ0) is 12.5. The van der Waals surface area contributed by atoms with E-state index in [4.69, 9.17) is 0 Å². The third-order valence-electron chi connectivity index (χ3n) is 2.83. The number of tetrazole rings is 1. The summed E-state index contributed by atoms with van der Waals surface area (Å²) in [5.41, 5.74) is 2.07. The van der Waals surface area contributed by atoms with Crippen LogP contribution in [0.15, 0.2) is 34.9 Å². The molecule has 6 heteroatoms. The Bertz CT molecular complexity index is 707. The van der Waals surface area contributed by atoms with Gasteiger partial charge in [-0.3, -0.25) is 4.98 Å². The summed E-state index contributed by atoms with van der Waals surface area (Å²) in [5.74, 6) is 0.794. The summed E-state index contributed by atoms with van der Waals surface area (Å²) in [7, 11) is 0. The van der Waals surface area contributed by atoms with Crippen molar-refractivity contribution in [2.75, 3.05) is 0 Å². The molecule has 0 aliphatic rings. The van der Waals surface area contributed by atoms with Gasteiger partial charge in [-0.05, 0) is 29.5 Å². The third kappa shape index (κ3) is 1.88. The first-order valence-corrected chi connectivity index (χ1v) is 6.30. The first-order chi connectivity index (χ1) is 8.75. The Labute approximate surface area is 112 Å². The van der Waals surface area contributed by atoms with Gasteiger partial charge in [0.25, 0.3) is 0 Å². The lowest BCUT2D eigenvalue weighted by Gasteiger charge is -2.07. The van der Waals surface area contributed by atoms with Crippen LogP contribution in [-0.2, 0) is 6.54 Å². The average molecular weight is 304 g/mol. The highest BCUT2D eigenvalue weighted by atomic mass is 79.9. The number of aromatic nitrogens is 5. The molecular weight excluding hydrogens is 294 g/mol. The Balaban J connectivity index is 2.13. The molecule has 3 rings (SSSR count). The molecule has 1 aromatic carbocycles. The van der Waals surface area contributed by atoms with Crippen LogP contribution >= 0.6 is 15.9 Å². The number of halogens is 1. The molecule has 0 amide bonds. The SMILES string of the molecule is Cc1nnnn1Cc1ccc(Br)c2cccnc12. The highest BCUT2D eigenvalue weighted by Crippen LogP contribution is 2.25. The summed E-state index contributed by atoms with van der Waals surface area (Å²) in [4.78, 5) is 4.44. The molecule has 0 spiro atoms. The smallest absolute Gasteiger partial charge is 0.148 e. The van der Waals surface area contributed by atoms with Crippen LogP contribution in [0.3, 0.4) is 0 Å². The first-order valence-electron chi connectivity index (χ1n) is 5.50. The number of rotatable bonds is 2. The maximum Gasteiger partial charge on any atom is 0.148 e. The minimum absolute atomic E-state index is 0.625. The largest absolute Gasteiger partial charge is 0.256 e. The van der Waals surface area contributed by atoms with Gasteiger partial charge in [-0.1, -0.05) is 28.1 Å². The molecule has 0 bridgehead atoms. The topological polar surface area (TPSA) is 56.5 Å². The molecule has 0 unspecified atom stereocenters. The van der Waals surface area contributed by atoms with E-state index in [-0.39, 0.29) is 0 Å². The number of fused-ring (bicyclic) bond motifs is 1. The Kier molecular flexibility index (Phi) is 2.79. The van der Waals surface area contributed by atoms with Crippen molar-refractivity contribution in [2.45, 2.75) is 13.5 Å². The lowest BCUT2D eigenvalue weighted by Crippen LogP contribution is -2.05. The van der Waals surface area contributed by atoms with Crippen molar-refractivity contribution in [3.63, 3.8) is 0 Å². The van der Waals surface area contributed by atoms with Gasteiger partial charge in [0.15, 0.2) is 0 Å². The molecule has 0 atom stereocenters. The number of hydrogen-bond acceptors (Lipinski definition) is 4. The minimum Gasteiger partial charge on any atom is -0.256 e. The van der Waals surface area contributed by atoms with E-state index >= 15 is 0 Å². The molecule has 0 aliphatic carbocycles. The van der Waals surface area contributed by atoms with Gasteiger partial charge in [0.05, 0.1) is 12.1 Å². The predicted octanol–water partition coefficient (Wildman–Crippen LogP) is 2.34. The third-order valence-corrected chi connectivity index (χ3v) is 3.52. The van der Waals surface area contributed by atoms with E-state index in [1.807, 2.05) is 31.2 Å². The van der Waals surface area contributed by atoms with E-state index < -0.39 is 0 Å². The summed E-state index contributed by atoms with van der Waals surface area (Å²) in [6.45, 7) is 2.51. The van der Waals surface area contributed by atoms with Crippen LogP contribution in [-0.4, -0.2) is 25.2 Å². The van der Waals surface area contributed by atoms with Crippen molar-refractivity contribution in [1.82, 2.24) is 25.2 Å². The molecule has 0 radical (unpaired) electrons. The van der Waals surface area contributed by atoms with Crippen LogP contribution in [0.25, 0.3) is 10.9 Å². The zero-order valence-corrected chi connectivity index (χ0v) is 11.3. The van der Waals surface area contributed by atoms with E-state index in [1.54, 1.807) is 10.9 Å². The van der Waals surface area contributed by atoms with Gasteiger partial charge < -0.3 is 0 Å². The Morgan fingerprint density at radius 3 is 2.94 bits per heavy atom. The highest BCUT2D eigenvalue weighted by molar-refractivity contribution is 9.10. The molecule has 0 saturated heterocycles. The van der Waals surface area contributed by atoms with Crippen LogP contribution in [0.5, 0.6) is 0 Å². The van der Waals surface area contributed by atoms with Crippen molar-refractivity contribution >= 4 is 26.8 Å². The van der Waals surface area contributed by atoms with Crippen molar-refractivity contribution in [2.24, 2.45) is 0 Å². The van der Waals surface area contributed by atoms with Crippen LogP contribution in [0.4, 0.5) is 0 Å². The van der Waals surface area contributed by atoms with Gasteiger partial charge in [0, 0.05) is 21.6 Å². The maximum atomic E-state index is 4.44. The lowest BCUT2D eigenvalue weighted by atomic mass is 10.1. The summed E-state index contributed by atoms with van der Waals surface area (Å²) in [6.07, 6.45) is 1.80. The fraction of sp³-hybridized carbons (Fsp3) is 0.167. The number of pyridine rings is 1. The molecule has 0 fully saturated rings. The monoisotopic (exact) mass is 303 g/mol. The fourth-order valence-electron chi connectivity index (χ4n) is 1.88. The van der Waals surface area contributed by atoms with Crippen LogP contribution < -0.4 is 0 Å². The van der Waals surface area contributed by atoms with Crippen LogP contribution in [0.2, 0.25) is 0 Å². The van der Waals surface area contributed by atoms with Crippen molar-refractivity contribution in [1.29, 1.82) is 0 Å². The van der Waals surface area contributed by atoms with Crippen LogP contribution in [0.1, 0.15) is 11.4 Å². The molecule has 2 heterocycles. The Morgan fingerprint density at radius 2 is 2.17 bits per heavy atom. The molecular formula is C12H10BrN5. The summed E-state index contributed by atoms with van der Waals surface area (Å²) in [6, 6.07) is 8.04. The van der Waals surface area contributed by atoms with Gasteiger partial charge >= 0.3 is 0 Å².